The topological polar surface area (TPSA) is 61.4 Å². The molecule has 2 aromatic rings. The van der Waals surface area contributed by atoms with Crippen LogP contribution in [0.15, 0.2) is 48.5 Å². The largest absolute Gasteiger partial charge is 0.372 e. The fraction of sp³-hybridized carbons (Fsp3) is 0.235. The number of rotatable bonds is 6. The number of halogens is 2. The van der Waals surface area contributed by atoms with Crippen molar-refractivity contribution in [3.05, 3.63) is 69.7 Å². The van der Waals surface area contributed by atoms with E-state index in [4.69, 9.17) is 23.2 Å². The van der Waals surface area contributed by atoms with Gasteiger partial charge in [-0.05, 0) is 41.8 Å². The molecule has 2 aromatic carbocycles. The van der Waals surface area contributed by atoms with E-state index in [1.807, 2.05) is 6.92 Å². The molecule has 0 atom stereocenters. The molecular formula is C17H18Cl2N2O2. The Morgan fingerprint density at radius 2 is 1.43 bits per heavy atom. The lowest BCUT2D eigenvalue weighted by Gasteiger charge is -2.28. The van der Waals surface area contributed by atoms with Gasteiger partial charge in [0.05, 0.1) is 0 Å². The molecule has 0 spiro atoms. The number of carbonyl (C=O) groups is 1. The molecule has 0 radical (unpaired) electrons. The van der Waals surface area contributed by atoms with Crippen LogP contribution < -0.4 is 10.9 Å². The molecular weight excluding hydrogens is 335 g/mol. The summed E-state index contributed by atoms with van der Waals surface area (Å²) in [7, 11) is 0. The summed E-state index contributed by atoms with van der Waals surface area (Å²) in [4.78, 5) is 12.6. The first-order valence-electron chi connectivity index (χ1n) is 7.26. The highest BCUT2D eigenvalue weighted by molar-refractivity contribution is 6.30. The number of carbonyl (C=O) groups excluding carboxylic acids is 1. The minimum atomic E-state index is -1.85. The maximum Gasteiger partial charge on any atom is 0.275 e. The third-order valence-corrected chi connectivity index (χ3v) is 3.93. The molecule has 0 saturated carbocycles. The summed E-state index contributed by atoms with van der Waals surface area (Å²) in [5.74, 6) is -0.574. The van der Waals surface area contributed by atoms with Gasteiger partial charge < -0.3 is 5.11 Å². The summed E-state index contributed by atoms with van der Waals surface area (Å²) in [6.45, 7) is 2.58. The van der Waals surface area contributed by atoms with Gasteiger partial charge in [-0.1, -0.05) is 54.4 Å². The van der Waals surface area contributed by atoms with E-state index >= 15 is 0 Å². The Balaban J connectivity index is 2.43. The van der Waals surface area contributed by atoms with Crippen LogP contribution in [-0.4, -0.2) is 17.6 Å². The Labute approximate surface area is 145 Å². The first kappa shape index (κ1) is 17.8. The molecule has 0 aromatic heterocycles. The number of hydrogen-bond donors (Lipinski definition) is 3. The highest BCUT2D eigenvalue weighted by Gasteiger charge is 2.40. The molecule has 0 aliphatic carbocycles. The maximum absolute atomic E-state index is 12.6. The normalized spacial score (nSPS) is 11.3. The summed E-state index contributed by atoms with van der Waals surface area (Å²) in [6, 6.07) is 13.0. The number of hydrazine groups is 1. The minimum absolute atomic E-state index is 0.417. The predicted molar refractivity (Wildman–Crippen MR) is 92.3 cm³/mol. The Morgan fingerprint density at radius 3 is 1.83 bits per heavy atom. The monoisotopic (exact) mass is 352 g/mol. The molecule has 3 N–H and O–H groups in total. The van der Waals surface area contributed by atoms with Crippen LogP contribution in [0.4, 0.5) is 0 Å². The van der Waals surface area contributed by atoms with Gasteiger partial charge in [0.2, 0.25) is 0 Å². The molecule has 0 fully saturated rings. The van der Waals surface area contributed by atoms with Crippen molar-refractivity contribution in [1.82, 2.24) is 10.9 Å². The third-order valence-electron chi connectivity index (χ3n) is 3.43. The molecule has 1 amide bonds. The van der Waals surface area contributed by atoms with E-state index in [2.05, 4.69) is 10.9 Å². The molecule has 0 aliphatic heterocycles. The second kappa shape index (κ2) is 7.79. The van der Waals surface area contributed by atoms with Gasteiger partial charge in [-0.25, -0.2) is 5.43 Å². The molecule has 0 saturated heterocycles. The lowest BCUT2D eigenvalue weighted by atomic mass is 9.85. The van der Waals surface area contributed by atoms with Crippen molar-refractivity contribution in [3.8, 4) is 0 Å². The van der Waals surface area contributed by atoms with Crippen molar-refractivity contribution in [1.29, 1.82) is 0 Å². The predicted octanol–water partition coefficient (Wildman–Crippen LogP) is 3.26. The molecule has 0 bridgehead atoms. The van der Waals surface area contributed by atoms with E-state index in [1.54, 1.807) is 48.5 Å². The summed E-state index contributed by atoms with van der Waals surface area (Å²) in [5, 5.41) is 12.2. The molecule has 0 aliphatic rings. The molecule has 4 nitrogen and oxygen atoms in total. The first-order chi connectivity index (χ1) is 11.0. The average Bonchev–Trinajstić information content (AvgIpc) is 2.55. The zero-order valence-corrected chi connectivity index (χ0v) is 14.2. The lowest BCUT2D eigenvalue weighted by molar-refractivity contribution is -0.137. The maximum atomic E-state index is 12.6. The zero-order valence-electron chi connectivity index (χ0n) is 12.6. The Kier molecular flexibility index (Phi) is 6.02. The first-order valence-corrected chi connectivity index (χ1v) is 8.02. The quantitative estimate of drug-likeness (QED) is 0.552. The average molecular weight is 353 g/mol. The number of nitrogens with one attached hydrogen (secondary N) is 2. The van der Waals surface area contributed by atoms with Crippen LogP contribution in [0.2, 0.25) is 10.0 Å². The van der Waals surface area contributed by atoms with Crippen molar-refractivity contribution < 1.29 is 9.90 Å². The van der Waals surface area contributed by atoms with E-state index in [1.165, 1.54) is 0 Å². The SMILES string of the molecule is CCCNNC(=O)C(O)(c1ccc(Cl)cc1)c1ccc(Cl)cc1. The Hall–Kier alpha value is -1.59. The van der Waals surface area contributed by atoms with E-state index in [0.717, 1.165) is 6.42 Å². The summed E-state index contributed by atoms with van der Waals surface area (Å²) < 4.78 is 0. The van der Waals surface area contributed by atoms with Crippen molar-refractivity contribution >= 4 is 29.1 Å². The second-order valence-electron chi connectivity index (χ2n) is 5.11. The molecule has 0 heterocycles. The zero-order chi connectivity index (χ0) is 16.9. The fourth-order valence-corrected chi connectivity index (χ4v) is 2.42. The summed E-state index contributed by atoms with van der Waals surface area (Å²) in [5.41, 5.74) is 4.32. The van der Waals surface area contributed by atoms with E-state index in [9.17, 15) is 9.90 Å². The molecule has 2 rings (SSSR count). The van der Waals surface area contributed by atoms with Crippen LogP contribution >= 0.6 is 23.2 Å². The van der Waals surface area contributed by atoms with E-state index in [-0.39, 0.29) is 0 Å². The second-order valence-corrected chi connectivity index (χ2v) is 5.98. The smallest absolute Gasteiger partial charge is 0.275 e. The van der Waals surface area contributed by atoms with Crippen molar-refractivity contribution in [2.45, 2.75) is 18.9 Å². The van der Waals surface area contributed by atoms with Crippen LogP contribution in [0.25, 0.3) is 0 Å². The summed E-state index contributed by atoms with van der Waals surface area (Å²) in [6.07, 6.45) is 0.848. The van der Waals surface area contributed by atoms with Gasteiger partial charge in [0, 0.05) is 16.6 Å². The van der Waals surface area contributed by atoms with Gasteiger partial charge in [0.1, 0.15) is 0 Å². The van der Waals surface area contributed by atoms with Crippen LogP contribution in [0.1, 0.15) is 24.5 Å². The number of aliphatic hydroxyl groups is 1. The third kappa shape index (κ3) is 4.03. The van der Waals surface area contributed by atoms with Gasteiger partial charge >= 0.3 is 0 Å². The fourth-order valence-electron chi connectivity index (χ4n) is 2.17. The van der Waals surface area contributed by atoms with Gasteiger partial charge in [-0.15, -0.1) is 0 Å². The van der Waals surface area contributed by atoms with Crippen molar-refractivity contribution in [2.24, 2.45) is 0 Å². The number of amides is 1. The van der Waals surface area contributed by atoms with Crippen LogP contribution in [0, 0.1) is 0 Å². The Morgan fingerprint density at radius 1 is 1.00 bits per heavy atom. The van der Waals surface area contributed by atoms with Gasteiger partial charge in [-0.2, -0.15) is 0 Å². The van der Waals surface area contributed by atoms with Crippen LogP contribution in [-0.2, 0) is 10.4 Å². The molecule has 0 unspecified atom stereocenters. The molecule has 122 valence electrons. The van der Waals surface area contributed by atoms with Crippen LogP contribution in [0.5, 0.6) is 0 Å². The van der Waals surface area contributed by atoms with E-state index in [0.29, 0.717) is 27.7 Å². The molecule has 6 heteroatoms. The van der Waals surface area contributed by atoms with E-state index < -0.39 is 11.5 Å². The Bertz CT molecular complexity index is 612. The highest BCUT2D eigenvalue weighted by atomic mass is 35.5. The van der Waals surface area contributed by atoms with Crippen molar-refractivity contribution in [3.63, 3.8) is 0 Å². The summed E-state index contributed by atoms with van der Waals surface area (Å²) >= 11 is 11.8. The van der Waals surface area contributed by atoms with Gasteiger partial charge in [-0.3, -0.25) is 10.2 Å². The van der Waals surface area contributed by atoms with Crippen molar-refractivity contribution in [2.75, 3.05) is 6.54 Å². The minimum Gasteiger partial charge on any atom is -0.372 e. The lowest BCUT2D eigenvalue weighted by Crippen LogP contribution is -2.50. The number of benzene rings is 2. The van der Waals surface area contributed by atoms with Gasteiger partial charge in [0.15, 0.2) is 5.60 Å². The standard InChI is InChI=1S/C17H18Cl2N2O2/c1-2-11-20-21-16(22)17(23,12-3-7-14(18)8-4-12)13-5-9-15(19)10-6-13/h3-10,20,23H,2,11H2,1H3,(H,21,22). The van der Waals surface area contributed by atoms with Crippen LogP contribution in [0.3, 0.4) is 0 Å². The number of hydrogen-bond acceptors (Lipinski definition) is 3. The van der Waals surface area contributed by atoms with Gasteiger partial charge in [0.25, 0.3) is 5.91 Å². The molecule has 23 heavy (non-hydrogen) atoms. The highest BCUT2D eigenvalue weighted by Crippen LogP contribution is 2.31.